The summed E-state index contributed by atoms with van der Waals surface area (Å²) in [4.78, 5) is 7.64. The SMILES string of the molecule is CC(O)c1cnc(N2CCCC2C)s1. The lowest BCUT2D eigenvalue weighted by Crippen LogP contribution is -2.25. The van der Waals surface area contributed by atoms with Gasteiger partial charge >= 0.3 is 0 Å². The number of anilines is 1. The summed E-state index contributed by atoms with van der Waals surface area (Å²) in [5.74, 6) is 0. The lowest BCUT2D eigenvalue weighted by molar-refractivity contribution is 0.203. The van der Waals surface area contributed by atoms with Crippen molar-refractivity contribution in [3.8, 4) is 0 Å². The van der Waals surface area contributed by atoms with Crippen LogP contribution in [0.25, 0.3) is 0 Å². The van der Waals surface area contributed by atoms with Gasteiger partial charge in [-0.1, -0.05) is 11.3 Å². The summed E-state index contributed by atoms with van der Waals surface area (Å²) in [6, 6.07) is 0.600. The van der Waals surface area contributed by atoms with E-state index in [4.69, 9.17) is 0 Å². The number of hydrogen-bond donors (Lipinski definition) is 1. The highest BCUT2D eigenvalue weighted by atomic mass is 32.1. The van der Waals surface area contributed by atoms with Gasteiger partial charge < -0.3 is 10.0 Å². The van der Waals surface area contributed by atoms with Crippen LogP contribution in [0, 0.1) is 0 Å². The van der Waals surface area contributed by atoms with E-state index in [2.05, 4.69) is 16.8 Å². The van der Waals surface area contributed by atoms with E-state index >= 15 is 0 Å². The Balaban J connectivity index is 2.16. The highest BCUT2D eigenvalue weighted by Gasteiger charge is 2.23. The number of thiazole rings is 1. The zero-order chi connectivity index (χ0) is 10.1. The minimum Gasteiger partial charge on any atom is -0.388 e. The van der Waals surface area contributed by atoms with Crippen LogP contribution in [0.15, 0.2) is 6.20 Å². The van der Waals surface area contributed by atoms with E-state index in [1.807, 2.05) is 0 Å². The van der Waals surface area contributed by atoms with E-state index in [0.717, 1.165) is 16.6 Å². The Morgan fingerprint density at radius 1 is 1.71 bits per heavy atom. The third-order valence-corrected chi connectivity index (χ3v) is 3.93. The minimum atomic E-state index is -0.390. The second-order valence-corrected chi connectivity index (χ2v) is 4.95. The molecule has 0 aromatic carbocycles. The van der Waals surface area contributed by atoms with Gasteiger partial charge in [0, 0.05) is 18.8 Å². The van der Waals surface area contributed by atoms with Gasteiger partial charge in [-0.15, -0.1) is 0 Å². The lowest BCUT2D eigenvalue weighted by Gasteiger charge is -2.19. The summed E-state index contributed by atoms with van der Waals surface area (Å²) in [5, 5.41) is 10.5. The molecular formula is C10H16N2OS. The van der Waals surface area contributed by atoms with Crippen molar-refractivity contribution in [3.63, 3.8) is 0 Å². The van der Waals surface area contributed by atoms with Gasteiger partial charge in [-0.05, 0) is 26.7 Å². The van der Waals surface area contributed by atoms with Crippen LogP contribution in [0.3, 0.4) is 0 Å². The molecule has 14 heavy (non-hydrogen) atoms. The maximum Gasteiger partial charge on any atom is 0.185 e. The van der Waals surface area contributed by atoms with E-state index < -0.39 is 0 Å². The first-order valence-corrected chi connectivity index (χ1v) is 5.90. The average molecular weight is 212 g/mol. The van der Waals surface area contributed by atoms with Crippen LogP contribution in [0.1, 0.15) is 37.7 Å². The molecule has 1 aromatic rings. The highest BCUT2D eigenvalue weighted by Crippen LogP contribution is 2.31. The third kappa shape index (κ3) is 1.77. The van der Waals surface area contributed by atoms with Gasteiger partial charge in [0.2, 0.25) is 0 Å². The molecule has 1 fully saturated rings. The van der Waals surface area contributed by atoms with Crippen LogP contribution >= 0.6 is 11.3 Å². The summed E-state index contributed by atoms with van der Waals surface area (Å²) < 4.78 is 0. The first-order chi connectivity index (χ1) is 6.68. The fourth-order valence-electron chi connectivity index (χ4n) is 1.82. The number of aliphatic hydroxyl groups excluding tert-OH is 1. The monoisotopic (exact) mass is 212 g/mol. The van der Waals surface area contributed by atoms with E-state index in [-0.39, 0.29) is 6.10 Å². The summed E-state index contributed by atoms with van der Waals surface area (Å²) in [6.07, 6.45) is 3.91. The van der Waals surface area contributed by atoms with Crippen molar-refractivity contribution in [2.45, 2.75) is 38.8 Å². The molecule has 2 atom stereocenters. The van der Waals surface area contributed by atoms with Gasteiger partial charge in [-0.25, -0.2) is 4.98 Å². The van der Waals surface area contributed by atoms with Gasteiger partial charge in [0.15, 0.2) is 5.13 Å². The predicted octanol–water partition coefficient (Wildman–Crippen LogP) is 2.19. The first kappa shape index (κ1) is 9.93. The Bertz CT molecular complexity index is 311. The number of nitrogens with zero attached hydrogens (tertiary/aromatic N) is 2. The Kier molecular flexibility index (Phi) is 2.74. The van der Waals surface area contributed by atoms with Crippen LogP contribution in [-0.4, -0.2) is 22.7 Å². The largest absolute Gasteiger partial charge is 0.388 e. The van der Waals surface area contributed by atoms with Gasteiger partial charge in [0.1, 0.15) is 0 Å². The molecule has 78 valence electrons. The number of aromatic nitrogens is 1. The Morgan fingerprint density at radius 2 is 2.50 bits per heavy atom. The molecule has 0 spiro atoms. The zero-order valence-electron chi connectivity index (χ0n) is 8.60. The van der Waals surface area contributed by atoms with E-state index in [1.165, 1.54) is 12.8 Å². The van der Waals surface area contributed by atoms with Crippen molar-refractivity contribution < 1.29 is 5.11 Å². The smallest absolute Gasteiger partial charge is 0.185 e. The van der Waals surface area contributed by atoms with Crippen LogP contribution in [-0.2, 0) is 0 Å². The number of rotatable bonds is 2. The minimum absolute atomic E-state index is 0.390. The van der Waals surface area contributed by atoms with Crippen LogP contribution < -0.4 is 4.90 Å². The molecule has 0 aliphatic carbocycles. The molecule has 1 N–H and O–H groups in total. The van der Waals surface area contributed by atoms with Crippen molar-refractivity contribution in [1.29, 1.82) is 0 Å². The summed E-state index contributed by atoms with van der Waals surface area (Å²) >= 11 is 1.61. The molecule has 1 aromatic heterocycles. The maximum atomic E-state index is 9.40. The lowest BCUT2D eigenvalue weighted by atomic mass is 10.2. The van der Waals surface area contributed by atoms with Gasteiger partial charge in [-0.2, -0.15) is 0 Å². The zero-order valence-corrected chi connectivity index (χ0v) is 9.42. The Hall–Kier alpha value is -0.610. The molecule has 1 aliphatic heterocycles. The van der Waals surface area contributed by atoms with Crippen LogP contribution in [0.2, 0.25) is 0 Å². The molecule has 0 bridgehead atoms. The van der Waals surface area contributed by atoms with Crippen molar-refractivity contribution in [3.05, 3.63) is 11.1 Å². The van der Waals surface area contributed by atoms with Crippen molar-refractivity contribution in [1.82, 2.24) is 4.98 Å². The number of hydrogen-bond acceptors (Lipinski definition) is 4. The fraction of sp³-hybridized carbons (Fsp3) is 0.700. The Labute approximate surface area is 88.4 Å². The molecule has 1 aliphatic rings. The topological polar surface area (TPSA) is 36.4 Å². The molecule has 3 nitrogen and oxygen atoms in total. The number of aliphatic hydroxyl groups is 1. The van der Waals surface area contributed by atoms with Gasteiger partial charge in [0.25, 0.3) is 0 Å². The molecule has 2 rings (SSSR count). The molecule has 1 saturated heterocycles. The molecular weight excluding hydrogens is 196 g/mol. The Morgan fingerprint density at radius 3 is 3.00 bits per heavy atom. The molecule has 2 unspecified atom stereocenters. The van der Waals surface area contributed by atoms with Crippen LogP contribution in [0.5, 0.6) is 0 Å². The molecule has 0 radical (unpaired) electrons. The third-order valence-electron chi connectivity index (χ3n) is 2.72. The quantitative estimate of drug-likeness (QED) is 0.816. The molecule has 4 heteroatoms. The van der Waals surface area contributed by atoms with Gasteiger partial charge in [0.05, 0.1) is 11.0 Å². The van der Waals surface area contributed by atoms with Gasteiger partial charge in [-0.3, -0.25) is 0 Å². The highest BCUT2D eigenvalue weighted by molar-refractivity contribution is 7.15. The summed E-state index contributed by atoms with van der Waals surface area (Å²) in [7, 11) is 0. The normalized spacial score (nSPS) is 24.2. The second-order valence-electron chi connectivity index (χ2n) is 3.91. The first-order valence-electron chi connectivity index (χ1n) is 5.09. The summed E-state index contributed by atoms with van der Waals surface area (Å²) in [5.41, 5.74) is 0. The molecule has 2 heterocycles. The van der Waals surface area contributed by atoms with Crippen molar-refractivity contribution in [2.75, 3.05) is 11.4 Å². The summed E-state index contributed by atoms with van der Waals surface area (Å²) in [6.45, 7) is 5.12. The second kappa shape index (κ2) is 3.87. The van der Waals surface area contributed by atoms with Crippen molar-refractivity contribution in [2.24, 2.45) is 0 Å². The maximum absolute atomic E-state index is 9.40. The average Bonchev–Trinajstić information content (AvgIpc) is 2.71. The van der Waals surface area contributed by atoms with E-state index in [9.17, 15) is 5.11 Å². The van der Waals surface area contributed by atoms with E-state index in [1.54, 1.807) is 24.5 Å². The standard InChI is InChI=1S/C10H16N2OS/c1-7-4-3-5-12(7)10-11-6-9(14-10)8(2)13/h6-8,13H,3-5H2,1-2H3. The molecule has 0 saturated carbocycles. The predicted molar refractivity (Wildman–Crippen MR) is 58.8 cm³/mol. The molecule has 0 amide bonds. The van der Waals surface area contributed by atoms with Crippen LogP contribution in [0.4, 0.5) is 5.13 Å². The van der Waals surface area contributed by atoms with Crippen molar-refractivity contribution >= 4 is 16.5 Å². The fourth-order valence-corrected chi connectivity index (χ4v) is 2.80. The van der Waals surface area contributed by atoms with E-state index in [0.29, 0.717) is 6.04 Å².